The molecule has 2 aliphatic carbocycles. The summed E-state index contributed by atoms with van der Waals surface area (Å²) >= 11 is 0. The maximum Gasteiger partial charge on any atom is 0.220 e. The number of carbonyl (C=O) groups excluding carboxylic acids is 1. The first-order chi connectivity index (χ1) is 15.5. The Morgan fingerprint density at radius 2 is 1.94 bits per heavy atom. The highest BCUT2D eigenvalue weighted by atomic mass is 16.5. The predicted octanol–water partition coefficient (Wildman–Crippen LogP) is 2.98. The molecule has 0 heterocycles. The molecular formula is C26H37NO5. The van der Waals surface area contributed by atoms with E-state index in [1.54, 1.807) is 6.08 Å². The zero-order valence-corrected chi connectivity index (χ0v) is 18.7. The van der Waals surface area contributed by atoms with Crippen LogP contribution in [0.2, 0.25) is 0 Å². The van der Waals surface area contributed by atoms with E-state index in [1.807, 2.05) is 42.5 Å². The van der Waals surface area contributed by atoms with Crippen molar-refractivity contribution in [2.24, 2.45) is 17.8 Å². The summed E-state index contributed by atoms with van der Waals surface area (Å²) in [6.07, 6.45) is 11.2. The van der Waals surface area contributed by atoms with Gasteiger partial charge < -0.3 is 25.4 Å². The average molecular weight is 444 g/mol. The number of hydrogen-bond donors (Lipinski definition) is 4. The minimum atomic E-state index is -0.789. The molecule has 3 rings (SSSR count). The molecule has 1 aromatic rings. The Morgan fingerprint density at radius 3 is 2.69 bits per heavy atom. The molecule has 0 aliphatic heterocycles. The number of benzene rings is 1. The van der Waals surface area contributed by atoms with E-state index in [4.69, 9.17) is 4.74 Å². The normalized spacial score (nSPS) is 26.6. The van der Waals surface area contributed by atoms with Crippen molar-refractivity contribution in [1.82, 2.24) is 5.32 Å². The molecule has 1 unspecified atom stereocenters. The van der Waals surface area contributed by atoms with Crippen LogP contribution in [0.1, 0.15) is 44.9 Å². The molecule has 0 radical (unpaired) electrons. The predicted molar refractivity (Wildman–Crippen MR) is 124 cm³/mol. The van der Waals surface area contributed by atoms with Crippen LogP contribution < -0.4 is 10.1 Å². The first kappa shape index (κ1) is 24.5. The summed E-state index contributed by atoms with van der Waals surface area (Å²) < 4.78 is 5.55. The van der Waals surface area contributed by atoms with Crippen LogP contribution >= 0.6 is 0 Å². The molecule has 176 valence electrons. The molecule has 4 N–H and O–H groups in total. The highest BCUT2D eigenvalue weighted by Gasteiger charge is 2.39. The lowest BCUT2D eigenvalue weighted by molar-refractivity contribution is -0.121. The van der Waals surface area contributed by atoms with Gasteiger partial charge in [0.25, 0.3) is 0 Å². The van der Waals surface area contributed by atoms with Crippen LogP contribution in [0.4, 0.5) is 0 Å². The number of allylic oxidation sites excluding steroid dienone is 2. The standard InChI is InChI=1S/C26H37NO5/c28-20(18-32-21-8-4-3-5-9-21)14-15-23-22(24(29)16-25(23)30)10-6-1-2-7-11-26(31)27-17-19-12-13-19/h1,3-6,8-9,14-15,19-20,22-25,28-30H,2,7,10-13,16-18H2,(H,27,31)/b6-1-,15-14+/t20?,22-,23-,24+,25-/m1/s1. The van der Waals surface area contributed by atoms with Gasteiger partial charge in [-0.2, -0.15) is 0 Å². The summed E-state index contributed by atoms with van der Waals surface area (Å²) in [6.45, 7) is 0.948. The molecule has 6 heteroatoms. The second-order valence-electron chi connectivity index (χ2n) is 9.03. The Hall–Kier alpha value is -2.15. The van der Waals surface area contributed by atoms with Gasteiger partial charge in [0.05, 0.1) is 12.2 Å². The van der Waals surface area contributed by atoms with E-state index in [-0.39, 0.29) is 24.3 Å². The number of unbranched alkanes of at least 4 members (excludes halogenated alkanes) is 1. The van der Waals surface area contributed by atoms with Gasteiger partial charge in [-0.3, -0.25) is 4.79 Å². The minimum absolute atomic E-state index is 0.0958. The Balaban J connectivity index is 1.37. The molecule has 2 fully saturated rings. The van der Waals surface area contributed by atoms with Crippen LogP contribution in [0.5, 0.6) is 5.75 Å². The van der Waals surface area contributed by atoms with Crippen LogP contribution in [0, 0.1) is 17.8 Å². The van der Waals surface area contributed by atoms with Crippen molar-refractivity contribution in [2.75, 3.05) is 13.2 Å². The van der Waals surface area contributed by atoms with Crippen LogP contribution in [0.15, 0.2) is 54.6 Å². The van der Waals surface area contributed by atoms with Crippen molar-refractivity contribution in [3.05, 3.63) is 54.6 Å². The molecular weight excluding hydrogens is 406 g/mol. The van der Waals surface area contributed by atoms with E-state index in [0.717, 1.165) is 19.4 Å². The third-order valence-corrected chi connectivity index (χ3v) is 6.27. The van der Waals surface area contributed by atoms with E-state index in [1.165, 1.54) is 12.8 Å². The molecule has 0 spiro atoms. The second kappa shape index (κ2) is 12.8. The maximum absolute atomic E-state index is 11.8. The zero-order chi connectivity index (χ0) is 22.8. The van der Waals surface area contributed by atoms with Gasteiger partial charge in [0.1, 0.15) is 18.5 Å². The van der Waals surface area contributed by atoms with Crippen molar-refractivity contribution in [3.63, 3.8) is 0 Å². The first-order valence-electron chi connectivity index (χ1n) is 11.8. The molecule has 0 bridgehead atoms. The molecule has 1 amide bonds. The van der Waals surface area contributed by atoms with Crippen LogP contribution in [0.25, 0.3) is 0 Å². The van der Waals surface area contributed by atoms with E-state index in [0.29, 0.717) is 30.9 Å². The Labute approximate surface area is 191 Å². The first-order valence-corrected chi connectivity index (χ1v) is 11.8. The number of rotatable bonds is 13. The monoisotopic (exact) mass is 443 g/mol. The Morgan fingerprint density at radius 1 is 1.16 bits per heavy atom. The van der Waals surface area contributed by atoms with Crippen LogP contribution in [0.3, 0.4) is 0 Å². The van der Waals surface area contributed by atoms with Crippen molar-refractivity contribution in [2.45, 2.75) is 63.3 Å². The molecule has 0 aromatic heterocycles. The van der Waals surface area contributed by atoms with Gasteiger partial charge in [-0.1, -0.05) is 42.5 Å². The largest absolute Gasteiger partial charge is 0.491 e. The number of hydrogen-bond acceptors (Lipinski definition) is 5. The highest BCUT2D eigenvalue weighted by Crippen LogP contribution is 2.36. The number of nitrogens with one attached hydrogen (secondary N) is 1. The number of ether oxygens (including phenoxy) is 1. The lowest BCUT2D eigenvalue weighted by Crippen LogP contribution is -2.24. The summed E-state index contributed by atoms with van der Waals surface area (Å²) in [6, 6.07) is 9.30. The summed E-state index contributed by atoms with van der Waals surface area (Å²) in [5.74, 6) is 1.21. The van der Waals surface area contributed by atoms with E-state index in [2.05, 4.69) is 11.4 Å². The summed E-state index contributed by atoms with van der Waals surface area (Å²) in [5, 5.41) is 33.9. The third-order valence-electron chi connectivity index (χ3n) is 6.27. The number of amides is 1. The zero-order valence-electron chi connectivity index (χ0n) is 18.7. The molecule has 32 heavy (non-hydrogen) atoms. The summed E-state index contributed by atoms with van der Waals surface area (Å²) in [5.41, 5.74) is 0. The lowest BCUT2D eigenvalue weighted by atomic mass is 9.89. The second-order valence-corrected chi connectivity index (χ2v) is 9.03. The molecule has 2 saturated carbocycles. The summed E-state index contributed by atoms with van der Waals surface area (Å²) in [4.78, 5) is 11.8. The lowest BCUT2D eigenvalue weighted by Gasteiger charge is -2.19. The molecule has 2 aliphatic rings. The summed E-state index contributed by atoms with van der Waals surface area (Å²) in [7, 11) is 0. The fraction of sp³-hybridized carbons (Fsp3) is 0.577. The number of aliphatic hydroxyl groups is 3. The molecule has 5 atom stereocenters. The van der Waals surface area contributed by atoms with Crippen LogP contribution in [-0.4, -0.2) is 52.7 Å². The van der Waals surface area contributed by atoms with E-state index < -0.39 is 18.3 Å². The Bertz CT molecular complexity index is 746. The van der Waals surface area contributed by atoms with Gasteiger partial charge in [0, 0.05) is 25.3 Å². The van der Waals surface area contributed by atoms with Gasteiger partial charge in [0.2, 0.25) is 5.91 Å². The minimum Gasteiger partial charge on any atom is -0.491 e. The van der Waals surface area contributed by atoms with Crippen molar-refractivity contribution in [3.8, 4) is 5.75 Å². The van der Waals surface area contributed by atoms with Crippen molar-refractivity contribution >= 4 is 5.91 Å². The van der Waals surface area contributed by atoms with Crippen molar-refractivity contribution < 1.29 is 24.9 Å². The average Bonchev–Trinajstić information content (AvgIpc) is 3.58. The van der Waals surface area contributed by atoms with Gasteiger partial charge >= 0.3 is 0 Å². The van der Waals surface area contributed by atoms with Gasteiger partial charge in [-0.15, -0.1) is 0 Å². The van der Waals surface area contributed by atoms with E-state index in [9.17, 15) is 20.1 Å². The quantitative estimate of drug-likeness (QED) is 0.278. The molecule has 0 saturated heterocycles. The fourth-order valence-electron chi connectivity index (χ4n) is 4.14. The number of aliphatic hydroxyl groups excluding tert-OH is 3. The molecule has 1 aromatic carbocycles. The maximum atomic E-state index is 11.8. The highest BCUT2D eigenvalue weighted by molar-refractivity contribution is 5.75. The third kappa shape index (κ3) is 8.41. The van der Waals surface area contributed by atoms with Crippen LogP contribution in [-0.2, 0) is 4.79 Å². The van der Waals surface area contributed by atoms with Gasteiger partial charge in [0.15, 0.2) is 0 Å². The number of para-hydroxylation sites is 1. The number of carbonyl (C=O) groups is 1. The van der Waals surface area contributed by atoms with E-state index >= 15 is 0 Å². The van der Waals surface area contributed by atoms with Crippen molar-refractivity contribution in [1.29, 1.82) is 0 Å². The van der Waals surface area contributed by atoms with Gasteiger partial charge in [-0.05, 0) is 56.1 Å². The SMILES string of the molecule is O=C(CCC/C=C\C[C@@H]1[C@@H](/C=C/C(O)COc2ccccc2)[C@H](O)C[C@@H]1O)NCC1CC1. The fourth-order valence-corrected chi connectivity index (χ4v) is 4.14. The topological polar surface area (TPSA) is 99.0 Å². The smallest absolute Gasteiger partial charge is 0.220 e. The van der Waals surface area contributed by atoms with Gasteiger partial charge in [-0.25, -0.2) is 0 Å². The Kier molecular flexibility index (Phi) is 9.78. The molecule has 6 nitrogen and oxygen atoms in total.